The Morgan fingerprint density at radius 2 is 1.96 bits per heavy atom. The molecule has 3 rings (SSSR count). The highest BCUT2D eigenvalue weighted by Crippen LogP contribution is 2.16. The highest BCUT2D eigenvalue weighted by atomic mass is 16.2. The molecule has 0 aliphatic heterocycles. The SMILES string of the molecule is Cc1ccn(C(C)c2ccccc2)c(=O)c1C(=O)NCCc1cc(=O)[nH]cn1. The fourth-order valence-corrected chi connectivity index (χ4v) is 3.05. The van der Waals surface area contributed by atoms with E-state index in [9.17, 15) is 14.4 Å². The third-order valence-corrected chi connectivity index (χ3v) is 4.66. The molecule has 0 bridgehead atoms. The van der Waals surface area contributed by atoms with Crippen molar-refractivity contribution in [3.05, 3.63) is 98.1 Å². The van der Waals surface area contributed by atoms with Crippen molar-refractivity contribution in [3.8, 4) is 0 Å². The zero-order chi connectivity index (χ0) is 20.1. The summed E-state index contributed by atoms with van der Waals surface area (Å²) in [4.78, 5) is 43.4. The molecule has 0 aliphatic carbocycles. The number of hydrogen-bond acceptors (Lipinski definition) is 4. The number of nitrogens with one attached hydrogen (secondary N) is 2. The second-order valence-corrected chi connectivity index (χ2v) is 6.58. The Morgan fingerprint density at radius 3 is 2.68 bits per heavy atom. The monoisotopic (exact) mass is 378 g/mol. The first kappa shape index (κ1) is 19.3. The maximum Gasteiger partial charge on any atom is 0.264 e. The van der Waals surface area contributed by atoms with Crippen molar-refractivity contribution in [1.29, 1.82) is 0 Å². The number of aromatic nitrogens is 3. The molecule has 0 spiro atoms. The summed E-state index contributed by atoms with van der Waals surface area (Å²) in [6.45, 7) is 3.94. The Kier molecular flexibility index (Phi) is 5.84. The normalized spacial score (nSPS) is 11.8. The number of amides is 1. The van der Waals surface area contributed by atoms with Crippen molar-refractivity contribution in [2.24, 2.45) is 0 Å². The molecule has 0 saturated carbocycles. The molecular weight excluding hydrogens is 356 g/mol. The van der Waals surface area contributed by atoms with E-state index in [2.05, 4.69) is 15.3 Å². The van der Waals surface area contributed by atoms with Crippen LogP contribution in [0.1, 0.15) is 40.1 Å². The number of carbonyl (C=O) groups is 1. The summed E-state index contributed by atoms with van der Waals surface area (Å²) in [7, 11) is 0. The first-order valence-corrected chi connectivity index (χ1v) is 9.06. The third kappa shape index (κ3) is 4.25. The molecule has 144 valence electrons. The summed E-state index contributed by atoms with van der Waals surface area (Å²) in [5.41, 5.74) is 1.73. The minimum atomic E-state index is -0.429. The average Bonchev–Trinajstić information content (AvgIpc) is 2.68. The van der Waals surface area contributed by atoms with Crippen LogP contribution in [0.5, 0.6) is 0 Å². The van der Waals surface area contributed by atoms with Gasteiger partial charge < -0.3 is 14.9 Å². The number of aryl methyl sites for hydroxylation is 1. The second-order valence-electron chi connectivity index (χ2n) is 6.58. The minimum Gasteiger partial charge on any atom is -0.351 e. The van der Waals surface area contributed by atoms with E-state index in [4.69, 9.17) is 0 Å². The molecule has 1 unspecified atom stereocenters. The van der Waals surface area contributed by atoms with E-state index in [-0.39, 0.29) is 29.3 Å². The predicted octanol–water partition coefficient (Wildman–Crippen LogP) is 1.82. The maximum atomic E-state index is 13.0. The molecule has 3 aromatic rings. The molecule has 0 saturated heterocycles. The number of pyridine rings is 1. The smallest absolute Gasteiger partial charge is 0.264 e. The first-order valence-electron chi connectivity index (χ1n) is 9.06. The molecule has 7 heteroatoms. The van der Waals surface area contributed by atoms with Gasteiger partial charge in [-0.1, -0.05) is 30.3 Å². The number of nitrogens with zero attached hydrogens (tertiary/aromatic N) is 2. The molecular formula is C21H22N4O3. The Labute approximate surface area is 162 Å². The molecule has 1 atom stereocenters. The third-order valence-electron chi connectivity index (χ3n) is 4.66. The largest absolute Gasteiger partial charge is 0.351 e. The van der Waals surface area contributed by atoms with Crippen molar-refractivity contribution in [1.82, 2.24) is 19.9 Å². The lowest BCUT2D eigenvalue weighted by atomic mass is 10.1. The highest BCUT2D eigenvalue weighted by Gasteiger charge is 2.18. The lowest BCUT2D eigenvalue weighted by Crippen LogP contribution is -2.36. The van der Waals surface area contributed by atoms with Gasteiger partial charge in [0.25, 0.3) is 17.0 Å². The predicted molar refractivity (Wildman–Crippen MR) is 107 cm³/mol. The topological polar surface area (TPSA) is 96.9 Å². The van der Waals surface area contributed by atoms with Gasteiger partial charge in [-0.25, -0.2) is 4.98 Å². The Bertz CT molecular complexity index is 1090. The van der Waals surface area contributed by atoms with Crippen molar-refractivity contribution >= 4 is 5.91 Å². The molecule has 0 radical (unpaired) electrons. The van der Waals surface area contributed by atoms with Gasteiger partial charge >= 0.3 is 0 Å². The average molecular weight is 378 g/mol. The standard InChI is InChI=1S/C21H22N4O3/c1-14-9-11-25(15(2)16-6-4-3-5-7-16)21(28)19(14)20(27)22-10-8-17-12-18(26)24-13-23-17/h3-7,9,11-13,15H,8,10H2,1-2H3,(H,22,27)(H,23,24,26). The van der Waals surface area contributed by atoms with Crippen LogP contribution in [-0.4, -0.2) is 27.0 Å². The summed E-state index contributed by atoms with van der Waals surface area (Å²) in [5, 5.41) is 2.75. The lowest BCUT2D eigenvalue weighted by molar-refractivity contribution is 0.0951. The molecule has 2 aromatic heterocycles. The van der Waals surface area contributed by atoms with Gasteiger partial charge in [0.05, 0.1) is 12.4 Å². The second kappa shape index (κ2) is 8.47. The van der Waals surface area contributed by atoms with Crippen LogP contribution in [0.4, 0.5) is 0 Å². The first-order chi connectivity index (χ1) is 13.5. The number of aromatic amines is 1. The van der Waals surface area contributed by atoms with E-state index in [1.54, 1.807) is 23.8 Å². The van der Waals surface area contributed by atoms with E-state index in [0.29, 0.717) is 17.7 Å². The minimum absolute atomic E-state index is 0.129. The Hall–Kier alpha value is -3.48. The van der Waals surface area contributed by atoms with Gasteiger partial charge in [0.2, 0.25) is 0 Å². The Balaban J connectivity index is 1.78. The zero-order valence-corrected chi connectivity index (χ0v) is 15.8. The number of H-pyrrole nitrogens is 1. The van der Waals surface area contributed by atoms with Gasteiger partial charge in [0.1, 0.15) is 5.56 Å². The van der Waals surface area contributed by atoms with Crippen molar-refractivity contribution in [3.63, 3.8) is 0 Å². The van der Waals surface area contributed by atoms with E-state index in [1.165, 1.54) is 12.4 Å². The van der Waals surface area contributed by atoms with Gasteiger partial charge in [-0.2, -0.15) is 0 Å². The summed E-state index contributed by atoms with van der Waals surface area (Å²) in [6.07, 6.45) is 3.44. The number of carbonyl (C=O) groups excluding carboxylic acids is 1. The molecule has 0 fully saturated rings. The highest BCUT2D eigenvalue weighted by molar-refractivity contribution is 5.95. The summed E-state index contributed by atoms with van der Waals surface area (Å²) >= 11 is 0. The molecule has 0 aliphatic rings. The molecule has 2 heterocycles. The van der Waals surface area contributed by atoms with Crippen LogP contribution in [-0.2, 0) is 6.42 Å². The van der Waals surface area contributed by atoms with Crippen LogP contribution in [0, 0.1) is 6.92 Å². The molecule has 7 nitrogen and oxygen atoms in total. The van der Waals surface area contributed by atoms with Crippen molar-refractivity contribution in [2.45, 2.75) is 26.3 Å². The van der Waals surface area contributed by atoms with Gasteiger partial charge in [-0.15, -0.1) is 0 Å². The van der Waals surface area contributed by atoms with Crippen LogP contribution >= 0.6 is 0 Å². The fourth-order valence-electron chi connectivity index (χ4n) is 3.05. The van der Waals surface area contributed by atoms with Crippen LogP contribution < -0.4 is 16.4 Å². The number of benzene rings is 1. The van der Waals surface area contributed by atoms with Gasteiger partial charge in [-0.3, -0.25) is 14.4 Å². The lowest BCUT2D eigenvalue weighted by Gasteiger charge is -2.17. The molecule has 1 aromatic carbocycles. The van der Waals surface area contributed by atoms with Gasteiger partial charge in [0, 0.05) is 30.9 Å². The fraction of sp³-hybridized carbons (Fsp3) is 0.238. The molecule has 1 amide bonds. The number of rotatable bonds is 6. The van der Waals surface area contributed by atoms with Crippen LogP contribution in [0.15, 0.2) is 64.6 Å². The van der Waals surface area contributed by atoms with Crippen LogP contribution in [0.3, 0.4) is 0 Å². The number of hydrogen-bond donors (Lipinski definition) is 2. The summed E-state index contributed by atoms with van der Waals surface area (Å²) < 4.78 is 1.57. The van der Waals surface area contributed by atoms with Gasteiger partial charge in [-0.05, 0) is 31.0 Å². The van der Waals surface area contributed by atoms with Crippen LogP contribution in [0.2, 0.25) is 0 Å². The summed E-state index contributed by atoms with van der Waals surface area (Å²) in [5.74, 6) is -0.429. The quantitative estimate of drug-likeness (QED) is 0.684. The maximum absolute atomic E-state index is 13.0. The van der Waals surface area contributed by atoms with Gasteiger partial charge in [0.15, 0.2) is 0 Å². The summed E-state index contributed by atoms with van der Waals surface area (Å²) in [6, 6.07) is 12.6. The molecule has 28 heavy (non-hydrogen) atoms. The van der Waals surface area contributed by atoms with Crippen molar-refractivity contribution in [2.75, 3.05) is 6.54 Å². The van der Waals surface area contributed by atoms with E-state index < -0.39 is 5.91 Å². The Morgan fingerprint density at radius 1 is 1.21 bits per heavy atom. The van der Waals surface area contributed by atoms with Crippen molar-refractivity contribution < 1.29 is 4.79 Å². The van der Waals surface area contributed by atoms with Crippen LogP contribution in [0.25, 0.3) is 0 Å². The van der Waals surface area contributed by atoms with E-state index in [0.717, 1.165) is 5.56 Å². The van der Waals surface area contributed by atoms with E-state index in [1.807, 2.05) is 37.3 Å². The zero-order valence-electron chi connectivity index (χ0n) is 15.8. The van der Waals surface area contributed by atoms with E-state index >= 15 is 0 Å². The molecule has 2 N–H and O–H groups in total.